The smallest absolute Gasteiger partial charge is 0.410 e. The molecule has 23 heavy (non-hydrogen) atoms. The largest absolute Gasteiger partial charge is 0.417 e. The van der Waals surface area contributed by atoms with Gasteiger partial charge in [-0.2, -0.15) is 0 Å². The van der Waals surface area contributed by atoms with Gasteiger partial charge in [0.2, 0.25) is 0 Å². The Morgan fingerprint density at radius 1 is 1.13 bits per heavy atom. The Kier molecular flexibility index (Phi) is 5.48. The van der Waals surface area contributed by atoms with Crippen LogP contribution in [0.2, 0.25) is 24.7 Å². The molecule has 5 heteroatoms. The Hall–Kier alpha value is -2.22. The van der Waals surface area contributed by atoms with Crippen LogP contribution < -0.4 is 10.1 Å². The molecule has 0 aliphatic heterocycles. The molecule has 1 amide bonds. The predicted octanol–water partition coefficient (Wildman–Crippen LogP) is 5.18. The molecule has 0 radical (unpaired) electrons. The van der Waals surface area contributed by atoms with Crippen molar-refractivity contribution in [2.45, 2.75) is 19.6 Å². The Balaban J connectivity index is 2.11. The molecular formula is C18H18ClNO2Si. The third kappa shape index (κ3) is 5.82. The van der Waals surface area contributed by atoms with Crippen molar-refractivity contribution in [3.05, 3.63) is 59.1 Å². The van der Waals surface area contributed by atoms with Gasteiger partial charge in [-0.05, 0) is 30.3 Å². The van der Waals surface area contributed by atoms with Gasteiger partial charge < -0.3 is 4.74 Å². The van der Waals surface area contributed by atoms with Crippen LogP contribution in [0.3, 0.4) is 0 Å². The van der Waals surface area contributed by atoms with E-state index in [9.17, 15) is 4.79 Å². The highest BCUT2D eigenvalue weighted by Gasteiger charge is 2.09. The fourth-order valence-electron chi connectivity index (χ4n) is 1.69. The summed E-state index contributed by atoms with van der Waals surface area (Å²) in [5.74, 6) is 3.59. The van der Waals surface area contributed by atoms with E-state index in [2.05, 4.69) is 36.4 Å². The summed E-state index contributed by atoms with van der Waals surface area (Å²) in [6, 6.07) is 14.1. The first-order valence-electron chi connectivity index (χ1n) is 7.20. The molecule has 0 aromatic heterocycles. The lowest BCUT2D eigenvalue weighted by Crippen LogP contribution is -2.17. The number of carbonyl (C=O) groups is 1. The molecule has 0 saturated heterocycles. The summed E-state index contributed by atoms with van der Waals surface area (Å²) in [6.45, 7) is 6.48. The molecule has 2 aromatic carbocycles. The Bertz CT molecular complexity index is 758. The van der Waals surface area contributed by atoms with E-state index in [0.717, 1.165) is 0 Å². The van der Waals surface area contributed by atoms with Gasteiger partial charge in [-0.15, -0.1) is 5.54 Å². The van der Waals surface area contributed by atoms with Gasteiger partial charge in [0.05, 0.1) is 5.02 Å². The average Bonchev–Trinajstić information content (AvgIpc) is 2.48. The van der Waals surface area contributed by atoms with E-state index >= 15 is 0 Å². The first-order chi connectivity index (χ1) is 10.8. The van der Waals surface area contributed by atoms with E-state index in [-0.39, 0.29) is 0 Å². The number of nitrogens with one attached hydrogen (secondary N) is 1. The van der Waals surface area contributed by atoms with Crippen LogP contribution in [0.5, 0.6) is 5.75 Å². The molecule has 0 aliphatic rings. The van der Waals surface area contributed by atoms with Crippen molar-refractivity contribution >= 4 is 31.5 Å². The quantitative estimate of drug-likeness (QED) is 0.602. The molecule has 2 rings (SSSR count). The standard InChI is InChI=1S/C18H18ClNO2Si/c1-23(2,3)12-11-14-13-15(9-10-17(14)19)20-18(21)22-16-7-5-4-6-8-16/h4-10,13H,1-3H3,(H,20,21). The minimum Gasteiger partial charge on any atom is -0.410 e. The fourth-order valence-corrected chi connectivity index (χ4v) is 2.37. The topological polar surface area (TPSA) is 38.3 Å². The van der Waals surface area contributed by atoms with Crippen LogP contribution in [0.4, 0.5) is 10.5 Å². The van der Waals surface area contributed by atoms with Gasteiger partial charge in [0, 0.05) is 11.3 Å². The highest BCUT2D eigenvalue weighted by Crippen LogP contribution is 2.20. The second-order valence-corrected chi connectivity index (χ2v) is 11.2. The van der Waals surface area contributed by atoms with Crippen LogP contribution in [-0.4, -0.2) is 14.2 Å². The number of amides is 1. The molecule has 0 fully saturated rings. The minimum atomic E-state index is -1.50. The molecule has 0 spiro atoms. The number of hydrogen-bond donors (Lipinski definition) is 1. The Labute approximate surface area is 142 Å². The Morgan fingerprint density at radius 2 is 1.83 bits per heavy atom. The molecular weight excluding hydrogens is 326 g/mol. The molecule has 2 aromatic rings. The summed E-state index contributed by atoms with van der Waals surface area (Å²) in [5.41, 5.74) is 4.55. The zero-order valence-corrected chi connectivity index (χ0v) is 15.1. The van der Waals surface area contributed by atoms with Crippen molar-refractivity contribution in [3.8, 4) is 17.2 Å². The molecule has 0 unspecified atom stereocenters. The van der Waals surface area contributed by atoms with E-state index in [0.29, 0.717) is 22.0 Å². The highest BCUT2D eigenvalue weighted by atomic mass is 35.5. The molecule has 3 nitrogen and oxygen atoms in total. The van der Waals surface area contributed by atoms with Crippen molar-refractivity contribution in [1.82, 2.24) is 0 Å². The van der Waals surface area contributed by atoms with Crippen molar-refractivity contribution in [1.29, 1.82) is 0 Å². The number of rotatable bonds is 2. The summed E-state index contributed by atoms with van der Waals surface area (Å²) in [4.78, 5) is 11.9. The van der Waals surface area contributed by atoms with Crippen LogP contribution in [0.15, 0.2) is 48.5 Å². The lowest BCUT2D eigenvalue weighted by Gasteiger charge is -2.08. The van der Waals surface area contributed by atoms with Gasteiger partial charge in [-0.1, -0.05) is 55.4 Å². The number of anilines is 1. The number of ether oxygens (including phenoxy) is 1. The van der Waals surface area contributed by atoms with Crippen LogP contribution in [-0.2, 0) is 0 Å². The van der Waals surface area contributed by atoms with Gasteiger partial charge in [-0.3, -0.25) is 5.32 Å². The maximum atomic E-state index is 11.9. The fraction of sp³-hybridized carbons (Fsp3) is 0.167. The zero-order chi connectivity index (χ0) is 16.9. The maximum absolute atomic E-state index is 11.9. The van der Waals surface area contributed by atoms with Gasteiger partial charge in [-0.25, -0.2) is 4.79 Å². The third-order valence-electron chi connectivity index (χ3n) is 2.74. The van der Waals surface area contributed by atoms with Gasteiger partial charge >= 0.3 is 6.09 Å². The maximum Gasteiger partial charge on any atom is 0.417 e. The van der Waals surface area contributed by atoms with E-state index in [1.54, 1.807) is 42.5 Å². The molecule has 1 N–H and O–H groups in total. The summed E-state index contributed by atoms with van der Waals surface area (Å²) >= 11 is 6.16. The number of halogens is 1. The first kappa shape index (κ1) is 17.1. The lowest BCUT2D eigenvalue weighted by molar-refractivity contribution is 0.215. The number of hydrogen-bond acceptors (Lipinski definition) is 2. The SMILES string of the molecule is C[Si](C)(C)C#Cc1cc(NC(=O)Oc2ccccc2)ccc1Cl. The van der Waals surface area contributed by atoms with Crippen LogP contribution in [0.1, 0.15) is 5.56 Å². The summed E-state index contributed by atoms with van der Waals surface area (Å²) in [6.07, 6.45) is -0.553. The van der Waals surface area contributed by atoms with Crippen LogP contribution in [0.25, 0.3) is 0 Å². The summed E-state index contributed by atoms with van der Waals surface area (Å²) < 4.78 is 5.19. The molecule has 0 saturated carbocycles. The normalized spacial score (nSPS) is 10.4. The van der Waals surface area contributed by atoms with E-state index in [1.807, 2.05) is 6.07 Å². The minimum absolute atomic E-state index is 0.484. The first-order valence-corrected chi connectivity index (χ1v) is 11.1. The number of carbonyl (C=O) groups excluding carboxylic acids is 1. The van der Waals surface area contributed by atoms with E-state index in [4.69, 9.17) is 16.3 Å². The van der Waals surface area contributed by atoms with Gasteiger partial charge in [0.15, 0.2) is 0 Å². The Morgan fingerprint density at radius 3 is 2.48 bits per heavy atom. The zero-order valence-electron chi connectivity index (χ0n) is 13.3. The number of benzene rings is 2. The average molecular weight is 344 g/mol. The van der Waals surface area contributed by atoms with Crippen molar-refractivity contribution in [2.75, 3.05) is 5.32 Å². The van der Waals surface area contributed by atoms with Crippen LogP contribution in [0, 0.1) is 11.5 Å². The molecule has 0 atom stereocenters. The second kappa shape index (κ2) is 7.36. The molecule has 118 valence electrons. The summed E-state index contributed by atoms with van der Waals surface area (Å²) in [5, 5.41) is 3.25. The van der Waals surface area contributed by atoms with Crippen LogP contribution >= 0.6 is 11.6 Å². The molecule has 0 heterocycles. The van der Waals surface area contributed by atoms with E-state index in [1.165, 1.54) is 0 Å². The van der Waals surface area contributed by atoms with Crippen molar-refractivity contribution in [2.24, 2.45) is 0 Å². The predicted molar refractivity (Wildman–Crippen MR) is 97.8 cm³/mol. The van der Waals surface area contributed by atoms with Crippen molar-refractivity contribution in [3.63, 3.8) is 0 Å². The summed E-state index contributed by atoms with van der Waals surface area (Å²) in [7, 11) is -1.50. The van der Waals surface area contributed by atoms with Gasteiger partial charge in [0.25, 0.3) is 0 Å². The van der Waals surface area contributed by atoms with E-state index < -0.39 is 14.2 Å². The van der Waals surface area contributed by atoms with Crippen molar-refractivity contribution < 1.29 is 9.53 Å². The monoisotopic (exact) mass is 343 g/mol. The lowest BCUT2D eigenvalue weighted by atomic mass is 10.2. The molecule has 0 aliphatic carbocycles. The number of para-hydroxylation sites is 1. The second-order valence-electron chi connectivity index (χ2n) is 6.02. The third-order valence-corrected chi connectivity index (χ3v) is 3.94. The van der Waals surface area contributed by atoms with Gasteiger partial charge in [0.1, 0.15) is 13.8 Å². The molecule has 0 bridgehead atoms. The highest BCUT2D eigenvalue weighted by molar-refractivity contribution is 6.83.